The molecule has 2 heterocycles. The van der Waals surface area contributed by atoms with Gasteiger partial charge in [0.2, 0.25) is 0 Å². The normalized spacial score (nSPS) is 18.5. The van der Waals surface area contributed by atoms with Gasteiger partial charge in [-0.05, 0) is 43.2 Å². The second-order valence-corrected chi connectivity index (χ2v) is 4.64. The maximum absolute atomic E-state index is 14.1. The zero-order valence-corrected chi connectivity index (χ0v) is 10.3. The molecule has 1 aliphatic rings. The number of nitriles is 1. The molecule has 2 aromatic rings. The number of anilines is 1. The number of benzene rings is 1. The first-order chi connectivity index (χ1) is 9.29. The molecule has 0 amide bonds. The maximum Gasteiger partial charge on any atom is 0.147 e. The fourth-order valence-electron chi connectivity index (χ4n) is 2.64. The predicted molar refractivity (Wildman–Crippen MR) is 69.1 cm³/mol. The minimum atomic E-state index is -0.350. The first-order valence-electron chi connectivity index (χ1n) is 6.29. The molecule has 0 aliphatic carbocycles. The van der Waals surface area contributed by atoms with Crippen LogP contribution in [0.2, 0.25) is 0 Å². The summed E-state index contributed by atoms with van der Waals surface area (Å²) in [4.78, 5) is 2.01. The summed E-state index contributed by atoms with van der Waals surface area (Å²) < 4.78 is 19.5. The third-order valence-corrected chi connectivity index (χ3v) is 3.51. The highest BCUT2D eigenvalue weighted by molar-refractivity contribution is 5.53. The van der Waals surface area contributed by atoms with Gasteiger partial charge in [-0.3, -0.25) is 0 Å². The Morgan fingerprint density at radius 3 is 2.95 bits per heavy atom. The van der Waals surface area contributed by atoms with Gasteiger partial charge in [-0.2, -0.15) is 5.26 Å². The number of rotatable bonds is 2. The number of nitrogens with zero attached hydrogens (tertiary/aromatic N) is 2. The molecule has 3 rings (SSSR count). The van der Waals surface area contributed by atoms with Crippen molar-refractivity contribution in [3.63, 3.8) is 0 Å². The second kappa shape index (κ2) is 4.77. The van der Waals surface area contributed by atoms with Crippen molar-refractivity contribution in [3.8, 4) is 6.07 Å². The summed E-state index contributed by atoms with van der Waals surface area (Å²) in [6.45, 7) is 0.800. The molecule has 1 saturated heterocycles. The van der Waals surface area contributed by atoms with Crippen molar-refractivity contribution in [1.29, 1.82) is 5.26 Å². The average molecular weight is 256 g/mol. The van der Waals surface area contributed by atoms with Crippen LogP contribution >= 0.6 is 0 Å². The van der Waals surface area contributed by atoms with Crippen molar-refractivity contribution in [3.05, 3.63) is 53.7 Å². The van der Waals surface area contributed by atoms with Gasteiger partial charge >= 0.3 is 0 Å². The standard InChI is InChI=1S/C15H13FN2O/c16-12-9-11(10-17)5-6-13(12)18-7-1-3-14(18)15-4-2-8-19-15/h2,4-6,8-9,14H,1,3,7H2. The van der Waals surface area contributed by atoms with Gasteiger partial charge in [0, 0.05) is 6.54 Å². The van der Waals surface area contributed by atoms with Gasteiger partial charge in [-0.1, -0.05) is 0 Å². The molecule has 1 aliphatic heterocycles. The molecule has 0 bridgehead atoms. The summed E-state index contributed by atoms with van der Waals surface area (Å²) in [6, 6.07) is 10.4. The smallest absolute Gasteiger partial charge is 0.147 e. The topological polar surface area (TPSA) is 40.2 Å². The average Bonchev–Trinajstić information content (AvgIpc) is 3.08. The van der Waals surface area contributed by atoms with Crippen LogP contribution in [0, 0.1) is 17.1 Å². The Morgan fingerprint density at radius 2 is 2.26 bits per heavy atom. The lowest BCUT2D eigenvalue weighted by molar-refractivity contribution is 0.463. The van der Waals surface area contributed by atoms with E-state index in [1.807, 2.05) is 23.1 Å². The second-order valence-electron chi connectivity index (χ2n) is 4.64. The van der Waals surface area contributed by atoms with E-state index < -0.39 is 0 Å². The summed E-state index contributed by atoms with van der Waals surface area (Å²) >= 11 is 0. The van der Waals surface area contributed by atoms with Gasteiger partial charge in [-0.15, -0.1) is 0 Å². The molecular weight excluding hydrogens is 243 g/mol. The molecule has 0 radical (unpaired) electrons. The number of hydrogen-bond acceptors (Lipinski definition) is 3. The maximum atomic E-state index is 14.1. The highest BCUT2D eigenvalue weighted by atomic mass is 19.1. The molecule has 1 aromatic heterocycles. The van der Waals surface area contributed by atoms with E-state index in [1.165, 1.54) is 6.07 Å². The number of furan rings is 1. The molecule has 1 atom stereocenters. The van der Waals surface area contributed by atoms with E-state index in [0.717, 1.165) is 25.1 Å². The van der Waals surface area contributed by atoms with Crippen molar-refractivity contribution in [2.45, 2.75) is 18.9 Å². The molecule has 4 heteroatoms. The van der Waals surface area contributed by atoms with Crippen molar-refractivity contribution < 1.29 is 8.81 Å². The molecule has 96 valence electrons. The summed E-state index contributed by atoms with van der Waals surface area (Å²) in [7, 11) is 0. The SMILES string of the molecule is N#Cc1ccc(N2CCCC2c2ccco2)c(F)c1. The van der Waals surface area contributed by atoms with Crippen LogP contribution in [0.15, 0.2) is 41.0 Å². The van der Waals surface area contributed by atoms with E-state index >= 15 is 0 Å². The van der Waals surface area contributed by atoms with E-state index in [4.69, 9.17) is 9.68 Å². The highest BCUT2D eigenvalue weighted by Crippen LogP contribution is 2.37. The highest BCUT2D eigenvalue weighted by Gasteiger charge is 2.29. The Morgan fingerprint density at radius 1 is 1.37 bits per heavy atom. The van der Waals surface area contributed by atoms with E-state index in [9.17, 15) is 4.39 Å². The Hall–Kier alpha value is -2.28. The third kappa shape index (κ3) is 2.08. The lowest BCUT2D eigenvalue weighted by Gasteiger charge is -2.25. The quantitative estimate of drug-likeness (QED) is 0.823. The Kier molecular flexibility index (Phi) is 2.96. The van der Waals surface area contributed by atoms with Gasteiger partial charge in [0.25, 0.3) is 0 Å². The number of hydrogen-bond donors (Lipinski definition) is 0. The van der Waals surface area contributed by atoms with E-state index in [0.29, 0.717) is 11.3 Å². The van der Waals surface area contributed by atoms with Crippen molar-refractivity contribution >= 4 is 5.69 Å². The van der Waals surface area contributed by atoms with E-state index in [2.05, 4.69) is 0 Å². The molecule has 1 fully saturated rings. The van der Waals surface area contributed by atoms with Crippen LogP contribution in [0.4, 0.5) is 10.1 Å². The lowest BCUT2D eigenvalue weighted by Crippen LogP contribution is -2.23. The molecular formula is C15H13FN2O. The zero-order chi connectivity index (χ0) is 13.2. The van der Waals surface area contributed by atoms with Crippen molar-refractivity contribution in [2.75, 3.05) is 11.4 Å². The molecule has 0 N–H and O–H groups in total. The Bertz CT molecular complexity index is 616. The van der Waals surface area contributed by atoms with Crippen LogP contribution in [0.5, 0.6) is 0 Å². The summed E-state index contributed by atoms with van der Waals surface area (Å²) in [5.74, 6) is 0.513. The van der Waals surface area contributed by atoms with Gasteiger partial charge in [-0.25, -0.2) is 4.39 Å². The number of halogens is 1. The van der Waals surface area contributed by atoms with Crippen molar-refractivity contribution in [1.82, 2.24) is 0 Å². The van der Waals surface area contributed by atoms with Crippen LogP contribution in [0.25, 0.3) is 0 Å². The van der Waals surface area contributed by atoms with Gasteiger partial charge in [0.1, 0.15) is 11.6 Å². The zero-order valence-electron chi connectivity index (χ0n) is 10.3. The Labute approximate surface area is 110 Å². The predicted octanol–water partition coefficient (Wildman–Crippen LogP) is 3.63. The van der Waals surface area contributed by atoms with E-state index in [1.54, 1.807) is 18.4 Å². The fourth-order valence-corrected chi connectivity index (χ4v) is 2.64. The van der Waals surface area contributed by atoms with Crippen LogP contribution in [-0.4, -0.2) is 6.54 Å². The largest absolute Gasteiger partial charge is 0.467 e. The molecule has 3 nitrogen and oxygen atoms in total. The lowest BCUT2D eigenvalue weighted by atomic mass is 10.1. The summed E-state index contributed by atoms with van der Waals surface area (Å²) in [6.07, 6.45) is 3.60. The van der Waals surface area contributed by atoms with E-state index in [-0.39, 0.29) is 11.9 Å². The van der Waals surface area contributed by atoms with Crippen LogP contribution in [-0.2, 0) is 0 Å². The van der Waals surface area contributed by atoms with Crippen LogP contribution in [0.3, 0.4) is 0 Å². The minimum Gasteiger partial charge on any atom is -0.467 e. The van der Waals surface area contributed by atoms with Crippen LogP contribution < -0.4 is 4.90 Å². The third-order valence-electron chi connectivity index (χ3n) is 3.51. The summed E-state index contributed by atoms with van der Waals surface area (Å²) in [5.41, 5.74) is 0.882. The molecule has 1 aromatic carbocycles. The first kappa shape index (κ1) is 11.8. The molecule has 19 heavy (non-hydrogen) atoms. The minimum absolute atomic E-state index is 0.0810. The monoisotopic (exact) mass is 256 g/mol. The fraction of sp³-hybridized carbons (Fsp3) is 0.267. The van der Waals surface area contributed by atoms with Crippen LogP contribution in [0.1, 0.15) is 30.2 Å². The van der Waals surface area contributed by atoms with Gasteiger partial charge < -0.3 is 9.32 Å². The first-order valence-corrected chi connectivity index (χ1v) is 6.29. The molecule has 0 spiro atoms. The molecule has 0 saturated carbocycles. The Balaban J connectivity index is 1.95. The van der Waals surface area contributed by atoms with Gasteiger partial charge in [0.15, 0.2) is 0 Å². The molecule has 1 unspecified atom stereocenters. The van der Waals surface area contributed by atoms with Gasteiger partial charge in [0.05, 0.1) is 29.6 Å². The summed E-state index contributed by atoms with van der Waals surface area (Å²) in [5, 5.41) is 8.78. The van der Waals surface area contributed by atoms with Crippen molar-refractivity contribution in [2.24, 2.45) is 0 Å².